The fraction of sp³-hybridized carbons (Fsp3) is 0.355. The molecule has 0 bridgehead atoms. The van der Waals surface area contributed by atoms with Crippen LogP contribution in [0, 0.1) is 6.92 Å². The molecule has 10 heteroatoms. The van der Waals surface area contributed by atoms with E-state index in [0.717, 1.165) is 15.4 Å². The average Bonchev–Trinajstić information content (AvgIpc) is 2.93. The van der Waals surface area contributed by atoms with Crippen molar-refractivity contribution in [2.75, 3.05) is 10.8 Å². The summed E-state index contributed by atoms with van der Waals surface area (Å²) in [4.78, 5) is 28.9. The van der Waals surface area contributed by atoms with Gasteiger partial charge in [-0.1, -0.05) is 79.0 Å². The van der Waals surface area contributed by atoms with Crippen molar-refractivity contribution in [2.45, 2.75) is 71.0 Å². The summed E-state index contributed by atoms with van der Waals surface area (Å²) in [6.45, 7) is 8.83. The van der Waals surface area contributed by atoms with Crippen LogP contribution in [0.5, 0.6) is 0 Å². The number of nitrogens with one attached hydrogen (secondary N) is 1. The average molecular weight is 619 g/mol. The predicted molar refractivity (Wildman–Crippen MR) is 166 cm³/mol. The zero-order valence-corrected chi connectivity index (χ0v) is 26.4. The SMILES string of the molecule is CCc1ccccc1N(CC(=O)N(Cc1ccc(Cl)c(Cl)c1)[C@@H](CC)C(=O)NC(C)C)S(=O)(=O)c1ccc(C)cc1. The highest BCUT2D eigenvalue weighted by molar-refractivity contribution is 7.92. The first-order valence-electron chi connectivity index (χ1n) is 13.6. The second kappa shape index (κ2) is 14.2. The van der Waals surface area contributed by atoms with Crippen molar-refractivity contribution >= 4 is 50.7 Å². The van der Waals surface area contributed by atoms with Gasteiger partial charge >= 0.3 is 0 Å². The number of rotatable bonds is 12. The molecule has 0 aliphatic carbocycles. The molecule has 0 saturated heterocycles. The smallest absolute Gasteiger partial charge is 0.264 e. The van der Waals surface area contributed by atoms with E-state index in [1.54, 1.807) is 42.5 Å². The van der Waals surface area contributed by atoms with E-state index in [2.05, 4.69) is 5.32 Å². The van der Waals surface area contributed by atoms with Crippen molar-refractivity contribution in [1.82, 2.24) is 10.2 Å². The Morgan fingerprint density at radius 1 is 0.927 bits per heavy atom. The van der Waals surface area contributed by atoms with Gasteiger partial charge in [-0.2, -0.15) is 0 Å². The highest BCUT2D eigenvalue weighted by atomic mass is 35.5. The Kier molecular flexibility index (Phi) is 11.2. The third-order valence-electron chi connectivity index (χ3n) is 6.68. The molecule has 0 radical (unpaired) electrons. The summed E-state index contributed by atoms with van der Waals surface area (Å²) in [7, 11) is -4.14. The molecule has 0 heterocycles. The molecular formula is C31H37Cl2N3O4S. The Balaban J connectivity index is 2.11. The topological polar surface area (TPSA) is 86.8 Å². The molecule has 2 amide bonds. The standard InChI is InChI=1S/C31H37Cl2N3O4S/c1-6-24-10-8-9-11-29(24)36(41(39,40)25-15-12-22(5)13-16-25)20-30(37)35(28(7-2)31(38)34-21(3)4)19-23-14-17-26(32)27(33)18-23/h8-18,21,28H,6-7,19-20H2,1-5H3,(H,34,38)/t28-/m0/s1. The molecule has 7 nitrogen and oxygen atoms in total. The van der Waals surface area contributed by atoms with Gasteiger partial charge in [0.25, 0.3) is 10.0 Å². The third kappa shape index (κ3) is 8.03. The van der Waals surface area contributed by atoms with Crippen molar-refractivity contribution in [3.8, 4) is 0 Å². The number of hydrogen-bond donors (Lipinski definition) is 1. The molecule has 220 valence electrons. The molecular weight excluding hydrogens is 581 g/mol. The molecule has 0 unspecified atom stereocenters. The van der Waals surface area contributed by atoms with Crippen molar-refractivity contribution in [2.24, 2.45) is 0 Å². The van der Waals surface area contributed by atoms with Gasteiger partial charge in [0.05, 0.1) is 20.6 Å². The summed E-state index contributed by atoms with van der Waals surface area (Å²) >= 11 is 12.4. The Morgan fingerprint density at radius 2 is 1.59 bits per heavy atom. The lowest BCUT2D eigenvalue weighted by molar-refractivity contribution is -0.140. The van der Waals surface area contributed by atoms with Crippen LogP contribution in [0.3, 0.4) is 0 Å². The summed E-state index contributed by atoms with van der Waals surface area (Å²) in [5, 5.41) is 3.57. The lowest BCUT2D eigenvalue weighted by Crippen LogP contribution is -2.53. The van der Waals surface area contributed by atoms with E-state index in [-0.39, 0.29) is 23.4 Å². The summed E-state index contributed by atoms with van der Waals surface area (Å²) in [6, 6.07) is 17.6. The maximum absolute atomic E-state index is 14.2. The maximum Gasteiger partial charge on any atom is 0.264 e. The largest absolute Gasteiger partial charge is 0.352 e. The zero-order valence-electron chi connectivity index (χ0n) is 24.0. The number of halogens is 2. The van der Waals surface area contributed by atoms with Gasteiger partial charge in [-0.3, -0.25) is 13.9 Å². The van der Waals surface area contributed by atoms with Crippen LogP contribution in [0.15, 0.2) is 71.6 Å². The molecule has 3 rings (SSSR count). The minimum atomic E-state index is -4.14. The molecule has 3 aromatic rings. The molecule has 0 aliphatic rings. The monoisotopic (exact) mass is 617 g/mol. The van der Waals surface area contributed by atoms with E-state index >= 15 is 0 Å². The number of benzene rings is 3. The van der Waals surface area contributed by atoms with E-state index in [1.165, 1.54) is 17.0 Å². The number of para-hydroxylation sites is 1. The van der Waals surface area contributed by atoms with Crippen molar-refractivity contribution in [1.29, 1.82) is 0 Å². The highest BCUT2D eigenvalue weighted by Gasteiger charge is 2.34. The summed E-state index contributed by atoms with van der Waals surface area (Å²) in [5.74, 6) is -0.846. The van der Waals surface area contributed by atoms with Gasteiger partial charge in [-0.05, 0) is 75.1 Å². The molecule has 0 fully saturated rings. The number of carbonyl (C=O) groups is 2. The van der Waals surface area contributed by atoms with Gasteiger partial charge in [0.1, 0.15) is 12.6 Å². The summed E-state index contributed by atoms with van der Waals surface area (Å²) in [5.41, 5.74) is 2.76. The molecule has 1 atom stereocenters. The minimum Gasteiger partial charge on any atom is -0.352 e. The van der Waals surface area contributed by atoms with Crippen molar-refractivity contribution in [3.63, 3.8) is 0 Å². The predicted octanol–water partition coefficient (Wildman–Crippen LogP) is 6.39. The van der Waals surface area contributed by atoms with E-state index < -0.39 is 28.5 Å². The normalized spacial score (nSPS) is 12.2. The fourth-order valence-electron chi connectivity index (χ4n) is 4.54. The van der Waals surface area contributed by atoms with Gasteiger partial charge in [0, 0.05) is 12.6 Å². The fourth-order valence-corrected chi connectivity index (χ4v) is 6.31. The number of amides is 2. The summed E-state index contributed by atoms with van der Waals surface area (Å²) < 4.78 is 29.3. The van der Waals surface area contributed by atoms with Crippen LogP contribution in [-0.2, 0) is 32.6 Å². The molecule has 0 aliphatic heterocycles. The Labute approximate surface area is 253 Å². The molecule has 3 aromatic carbocycles. The first-order chi connectivity index (χ1) is 19.4. The Hall–Kier alpha value is -3.07. The minimum absolute atomic E-state index is 0.0353. The number of sulfonamides is 1. The molecule has 1 N–H and O–H groups in total. The molecule has 0 aromatic heterocycles. The highest BCUT2D eigenvalue weighted by Crippen LogP contribution is 2.29. The van der Waals surface area contributed by atoms with E-state index in [4.69, 9.17) is 23.2 Å². The van der Waals surface area contributed by atoms with E-state index in [9.17, 15) is 18.0 Å². The van der Waals surface area contributed by atoms with E-state index in [1.807, 2.05) is 46.8 Å². The lowest BCUT2D eigenvalue weighted by Gasteiger charge is -2.34. The van der Waals surface area contributed by atoms with Crippen LogP contribution >= 0.6 is 23.2 Å². The van der Waals surface area contributed by atoms with Crippen LogP contribution in [0.1, 0.15) is 50.8 Å². The molecule has 41 heavy (non-hydrogen) atoms. The number of anilines is 1. The van der Waals surface area contributed by atoms with Gasteiger partial charge < -0.3 is 10.2 Å². The zero-order chi connectivity index (χ0) is 30.3. The first kappa shape index (κ1) is 32.4. The van der Waals surface area contributed by atoms with Crippen LogP contribution in [0.4, 0.5) is 5.69 Å². The Morgan fingerprint density at radius 3 is 2.17 bits per heavy atom. The summed E-state index contributed by atoms with van der Waals surface area (Å²) in [6.07, 6.45) is 0.882. The van der Waals surface area contributed by atoms with Gasteiger partial charge in [0.15, 0.2) is 0 Å². The van der Waals surface area contributed by atoms with Crippen molar-refractivity contribution in [3.05, 3.63) is 93.5 Å². The number of nitrogens with zero attached hydrogens (tertiary/aromatic N) is 2. The number of aryl methyl sites for hydroxylation is 2. The lowest BCUT2D eigenvalue weighted by atomic mass is 10.1. The van der Waals surface area contributed by atoms with Gasteiger partial charge in [-0.25, -0.2) is 8.42 Å². The number of carbonyl (C=O) groups excluding carboxylic acids is 2. The second-order valence-corrected chi connectivity index (χ2v) is 12.8. The maximum atomic E-state index is 14.2. The second-order valence-electron chi connectivity index (χ2n) is 10.2. The van der Waals surface area contributed by atoms with Crippen LogP contribution < -0.4 is 9.62 Å². The van der Waals surface area contributed by atoms with Gasteiger partial charge in [0.2, 0.25) is 11.8 Å². The van der Waals surface area contributed by atoms with Crippen LogP contribution in [-0.4, -0.2) is 43.8 Å². The van der Waals surface area contributed by atoms with Crippen molar-refractivity contribution < 1.29 is 18.0 Å². The van der Waals surface area contributed by atoms with E-state index in [0.29, 0.717) is 34.1 Å². The van der Waals surface area contributed by atoms with Crippen LogP contribution in [0.2, 0.25) is 10.0 Å². The third-order valence-corrected chi connectivity index (χ3v) is 9.20. The first-order valence-corrected chi connectivity index (χ1v) is 15.8. The quantitative estimate of drug-likeness (QED) is 0.255. The molecule has 0 spiro atoms. The Bertz CT molecular complexity index is 1480. The van der Waals surface area contributed by atoms with Crippen LogP contribution in [0.25, 0.3) is 0 Å². The van der Waals surface area contributed by atoms with Gasteiger partial charge in [-0.15, -0.1) is 0 Å². The molecule has 0 saturated carbocycles. The number of hydrogen-bond acceptors (Lipinski definition) is 4.